The summed E-state index contributed by atoms with van der Waals surface area (Å²) in [5, 5.41) is 40.4. The SMILES string of the molecule is CC1(C)OC2C3(CCC(CO)C3)C(=O)OCC23C1C(=O)C(O)C12C4CC(Cc5ccccc5)CCC4C#CCC4(c5ccoc5CC5C(O)CCC6CC7C(C=CN8CNCC78)CC65)OC(=O)C5OC51C4(C)CCC32. The van der Waals surface area contributed by atoms with Gasteiger partial charge in [0.05, 0.1) is 48.5 Å². The van der Waals surface area contributed by atoms with E-state index in [4.69, 9.17) is 23.4 Å². The average molecular weight is 1030 g/mol. The van der Waals surface area contributed by atoms with E-state index in [1.54, 1.807) is 6.26 Å². The standard InChI is InChI=1S/C62H76N2O11/c1-56(2)50-49(67)51(68)61-44-25-35(24-34-8-5-4-6-9-34)11-12-37(44)10-7-19-60(43-18-23-71-47(43)28-42-40-26-39-17-22-64-33-63-30-45(64)41(39)27-38(40)13-14-46(42)66)57(3,62(61)52(73-62)53(69)74-60)20-16-48(61)59(50)32-72-55(70)58(54(59)75-56)21-15-36(29-58)31-65/h4-6,8-9,17-18,22-23,35-42,44-46,48,50-52,54,63,65-66,68H,11-16,19-21,24-33H2,1-3H3. The normalized spacial score (nSPS) is 51.1. The highest BCUT2D eigenvalue weighted by Gasteiger charge is 2.96. The number of epoxide rings is 1. The van der Waals surface area contributed by atoms with Crippen LogP contribution >= 0.6 is 0 Å². The molecule has 6 aliphatic heterocycles. The van der Waals surface area contributed by atoms with Gasteiger partial charge in [0.25, 0.3) is 0 Å². The number of aliphatic hydroxyl groups excluding tert-OH is 3. The van der Waals surface area contributed by atoms with Crippen LogP contribution in [0.3, 0.4) is 0 Å². The lowest BCUT2D eigenvalue weighted by molar-refractivity contribution is -0.301. The summed E-state index contributed by atoms with van der Waals surface area (Å²) in [4.78, 5) is 49.0. The van der Waals surface area contributed by atoms with E-state index in [0.29, 0.717) is 74.5 Å². The van der Waals surface area contributed by atoms with Crippen molar-refractivity contribution < 1.29 is 53.1 Å². The summed E-state index contributed by atoms with van der Waals surface area (Å²) in [6.45, 7) is 7.88. The monoisotopic (exact) mass is 1020 g/mol. The Bertz CT molecular complexity index is 2800. The van der Waals surface area contributed by atoms with Crippen LogP contribution in [0.15, 0.2) is 59.4 Å². The van der Waals surface area contributed by atoms with Crippen molar-refractivity contribution in [1.82, 2.24) is 10.2 Å². The van der Waals surface area contributed by atoms with E-state index >= 15 is 9.59 Å². The Morgan fingerprint density at radius 3 is 2.57 bits per heavy atom. The van der Waals surface area contributed by atoms with Crippen LogP contribution in [0, 0.1) is 98.6 Å². The second kappa shape index (κ2) is 16.3. The predicted octanol–water partition coefficient (Wildman–Crippen LogP) is 6.64. The highest BCUT2D eigenvalue weighted by atomic mass is 16.7. The number of aliphatic hydroxyl groups is 3. The minimum Gasteiger partial charge on any atom is -0.469 e. The van der Waals surface area contributed by atoms with Crippen molar-refractivity contribution in [2.75, 3.05) is 26.4 Å². The van der Waals surface area contributed by atoms with Gasteiger partial charge in [-0.05, 0) is 168 Å². The first-order valence-electron chi connectivity index (χ1n) is 29.2. The van der Waals surface area contributed by atoms with Gasteiger partial charge in [-0.2, -0.15) is 0 Å². The fourth-order valence-electron chi connectivity index (χ4n) is 21.7. The second-order valence-corrected chi connectivity index (χ2v) is 27.4. The van der Waals surface area contributed by atoms with Gasteiger partial charge in [-0.1, -0.05) is 55.2 Å². The molecule has 1 aromatic heterocycles. The van der Waals surface area contributed by atoms with Crippen molar-refractivity contribution in [3.8, 4) is 11.8 Å². The molecule has 7 aliphatic carbocycles. The van der Waals surface area contributed by atoms with Crippen molar-refractivity contribution >= 4 is 17.7 Å². The Hall–Kier alpha value is -4.03. The van der Waals surface area contributed by atoms with E-state index in [-0.39, 0.29) is 66.9 Å². The largest absolute Gasteiger partial charge is 0.469 e. The molecule has 22 atom stereocenters. The number of Topliss-reactive ketones (excluding diaryl/α,β-unsaturated/α-hetero) is 1. The number of rotatable bonds is 6. The van der Waals surface area contributed by atoms with Crippen LogP contribution in [0.4, 0.5) is 0 Å². The molecule has 0 radical (unpaired) electrons. The predicted molar refractivity (Wildman–Crippen MR) is 271 cm³/mol. The van der Waals surface area contributed by atoms with Gasteiger partial charge in [-0.15, -0.1) is 0 Å². The first-order chi connectivity index (χ1) is 36.2. The zero-order chi connectivity index (χ0) is 51.2. The third kappa shape index (κ3) is 5.96. The maximum atomic E-state index is 16.4. The van der Waals surface area contributed by atoms with Crippen molar-refractivity contribution in [3.05, 3.63) is 71.8 Å². The van der Waals surface area contributed by atoms with Gasteiger partial charge in [0.1, 0.15) is 24.1 Å². The number of ketones is 1. The Morgan fingerprint density at radius 2 is 1.75 bits per heavy atom. The molecule has 1 aromatic carbocycles. The molecule has 0 amide bonds. The highest BCUT2D eigenvalue weighted by Crippen LogP contribution is 2.85. The molecule has 4 bridgehead atoms. The molecule has 13 aliphatic rings. The van der Waals surface area contributed by atoms with Gasteiger partial charge < -0.3 is 43.6 Å². The van der Waals surface area contributed by atoms with Crippen LogP contribution in [0.25, 0.3) is 0 Å². The van der Waals surface area contributed by atoms with Crippen molar-refractivity contribution in [2.24, 2.45) is 86.8 Å². The molecule has 4 spiro atoms. The molecule has 400 valence electrons. The van der Waals surface area contributed by atoms with Crippen LogP contribution in [-0.2, 0) is 51.8 Å². The van der Waals surface area contributed by atoms with Gasteiger partial charge in [-0.25, -0.2) is 4.79 Å². The molecule has 5 saturated heterocycles. The Morgan fingerprint density at radius 1 is 0.893 bits per heavy atom. The number of hydrogen-bond acceptors (Lipinski definition) is 13. The van der Waals surface area contributed by atoms with Gasteiger partial charge in [0, 0.05) is 53.3 Å². The minimum atomic E-state index is -1.56. The quantitative estimate of drug-likeness (QED) is 0.138. The van der Waals surface area contributed by atoms with Crippen LogP contribution in [0.1, 0.15) is 121 Å². The lowest BCUT2D eigenvalue weighted by Crippen LogP contribution is -2.81. The third-order valence-electron chi connectivity index (χ3n) is 24.4. The maximum absolute atomic E-state index is 16.4. The molecule has 11 fully saturated rings. The van der Waals surface area contributed by atoms with Crippen LogP contribution in [0.5, 0.6) is 0 Å². The van der Waals surface area contributed by atoms with E-state index in [9.17, 15) is 20.1 Å². The Labute approximate surface area is 440 Å². The number of nitrogens with zero attached hydrogens (tertiary/aromatic N) is 1. The number of carbonyl (C=O) groups is 3. The molecule has 6 saturated carbocycles. The fraction of sp³-hybridized carbons (Fsp3) is 0.726. The van der Waals surface area contributed by atoms with E-state index in [1.165, 1.54) is 5.56 Å². The van der Waals surface area contributed by atoms with E-state index in [2.05, 4.69) is 65.5 Å². The number of furan rings is 1. The van der Waals surface area contributed by atoms with Gasteiger partial charge in [-0.3, -0.25) is 14.9 Å². The lowest BCUT2D eigenvalue weighted by Gasteiger charge is -2.72. The number of benzene rings is 1. The molecule has 13 nitrogen and oxygen atoms in total. The number of fused-ring (bicyclic) bond motifs is 6. The first-order valence-corrected chi connectivity index (χ1v) is 29.2. The maximum Gasteiger partial charge on any atom is 0.339 e. The molecule has 22 unspecified atom stereocenters. The average Bonchev–Trinajstić information content (AvgIpc) is 3.59. The fourth-order valence-corrected chi connectivity index (χ4v) is 21.7. The van der Waals surface area contributed by atoms with Crippen LogP contribution in [0.2, 0.25) is 0 Å². The van der Waals surface area contributed by atoms with Crippen molar-refractivity contribution in [1.29, 1.82) is 0 Å². The molecular weight excluding hydrogens is 949 g/mol. The minimum absolute atomic E-state index is 0.0461. The number of ether oxygens (including phenoxy) is 4. The lowest BCUT2D eigenvalue weighted by atomic mass is 9.30. The van der Waals surface area contributed by atoms with Crippen LogP contribution < -0.4 is 5.32 Å². The van der Waals surface area contributed by atoms with E-state index < -0.39 is 80.7 Å². The first kappa shape index (κ1) is 48.1. The number of carbonyl (C=O) groups excluding carboxylic acids is 3. The summed E-state index contributed by atoms with van der Waals surface area (Å²) in [6.07, 6.45) is 12.7. The molecule has 15 rings (SSSR count). The zero-order valence-corrected chi connectivity index (χ0v) is 43.9. The number of hydrogen-bond donors (Lipinski definition) is 4. The summed E-state index contributed by atoms with van der Waals surface area (Å²) in [7, 11) is 0. The number of esters is 2. The molecule has 7 heterocycles. The number of cyclic esters (lactones) is 1. The summed E-state index contributed by atoms with van der Waals surface area (Å²) in [5.74, 6) is 6.90. The van der Waals surface area contributed by atoms with Crippen molar-refractivity contribution in [3.63, 3.8) is 0 Å². The van der Waals surface area contributed by atoms with Gasteiger partial charge >= 0.3 is 11.9 Å². The summed E-state index contributed by atoms with van der Waals surface area (Å²) in [5.41, 5.74) is -6.54. The summed E-state index contributed by atoms with van der Waals surface area (Å²) in [6, 6.07) is 13.0. The zero-order valence-electron chi connectivity index (χ0n) is 43.9. The molecule has 4 N–H and O–H groups in total. The van der Waals surface area contributed by atoms with Gasteiger partial charge in [0.2, 0.25) is 0 Å². The summed E-state index contributed by atoms with van der Waals surface area (Å²) < 4.78 is 35.2. The summed E-state index contributed by atoms with van der Waals surface area (Å²) >= 11 is 0. The Kier molecular flexibility index (Phi) is 10.4. The number of nitrogens with one attached hydrogen (secondary N) is 1. The highest BCUT2D eigenvalue weighted by molar-refractivity contribution is 5.93. The number of allylic oxidation sites excluding steroid dienone is 1. The smallest absolute Gasteiger partial charge is 0.339 e. The topological polar surface area (TPSA) is 181 Å². The second-order valence-electron chi connectivity index (χ2n) is 27.4. The van der Waals surface area contributed by atoms with E-state index in [1.807, 2.05) is 26.0 Å². The van der Waals surface area contributed by atoms with E-state index in [0.717, 1.165) is 63.7 Å². The molecule has 75 heavy (non-hydrogen) atoms. The molecule has 2 aromatic rings. The van der Waals surface area contributed by atoms with Crippen LogP contribution in [-0.4, -0.2) is 106 Å². The van der Waals surface area contributed by atoms with Crippen molar-refractivity contribution in [2.45, 2.75) is 164 Å². The molecule has 13 heteroatoms. The third-order valence-corrected chi connectivity index (χ3v) is 24.4. The molecular formula is C62H76N2O11. The Balaban J connectivity index is 0.891. The van der Waals surface area contributed by atoms with Gasteiger partial charge in [0.15, 0.2) is 17.5 Å².